The molecule has 5 heteroatoms. The van der Waals surface area contributed by atoms with Crippen molar-refractivity contribution in [2.24, 2.45) is 0 Å². The van der Waals surface area contributed by atoms with Gasteiger partial charge in [-0.2, -0.15) is 0 Å². The Balaban J connectivity index is 1.97. The summed E-state index contributed by atoms with van der Waals surface area (Å²) in [7, 11) is 0. The lowest BCUT2D eigenvalue weighted by molar-refractivity contribution is -0.135. The van der Waals surface area contributed by atoms with E-state index in [0.717, 1.165) is 11.4 Å². The highest BCUT2D eigenvalue weighted by Gasteiger charge is 2.21. The zero-order valence-electron chi connectivity index (χ0n) is 10.3. The van der Waals surface area contributed by atoms with Crippen LogP contribution in [0.1, 0.15) is 24.2 Å². The molecule has 17 heavy (non-hydrogen) atoms. The van der Waals surface area contributed by atoms with Gasteiger partial charge in [0.25, 0.3) is 0 Å². The predicted octanol–water partition coefficient (Wildman–Crippen LogP) is 0.691. The number of hydrogen-bond acceptors (Lipinski definition) is 3. The molecular formula is C12H17N3O2. The molecule has 2 heterocycles. The van der Waals surface area contributed by atoms with Gasteiger partial charge in [-0.1, -0.05) is 0 Å². The van der Waals surface area contributed by atoms with Crippen LogP contribution >= 0.6 is 0 Å². The number of imidazole rings is 1. The number of piperidine rings is 1. The first kappa shape index (κ1) is 11.8. The highest BCUT2D eigenvalue weighted by atomic mass is 16.2. The molecule has 0 atom stereocenters. The first-order valence-corrected chi connectivity index (χ1v) is 5.85. The molecule has 0 saturated carbocycles. The maximum Gasteiger partial charge on any atom is 0.242 e. The zero-order valence-corrected chi connectivity index (χ0v) is 10.3. The number of likely N-dealkylation sites (tertiary alicyclic amines) is 1. The van der Waals surface area contributed by atoms with Gasteiger partial charge < -0.3 is 9.47 Å². The molecule has 1 aromatic heterocycles. The lowest BCUT2D eigenvalue weighted by atomic mass is 10.1. The smallest absolute Gasteiger partial charge is 0.242 e. The van der Waals surface area contributed by atoms with E-state index < -0.39 is 0 Å². The van der Waals surface area contributed by atoms with E-state index in [4.69, 9.17) is 0 Å². The Bertz CT molecular complexity index is 441. The van der Waals surface area contributed by atoms with Crippen LogP contribution < -0.4 is 0 Å². The van der Waals surface area contributed by atoms with Gasteiger partial charge in [0, 0.05) is 31.6 Å². The first-order valence-electron chi connectivity index (χ1n) is 5.85. The van der Waals surface area contributed by atoms with Crippen LogP contribution in [0.4, 0.5) is 0 Å². The number of aromatic nitrogens is 2. The molecular weight excluding hydrogens is 218 g/mol. The van der Waals surface area contributed by atoms with Crippen molar-refractivity contribution in [2.45, 2.75) is 33.2 Å². The molecule has 1 aliphatic rings. The molecule has 0 aliphatic carbocycles. The van der Waals surface area contributed by atoms with Crippen molar-refractivity contribution < 1.29 is 9.59 Å². The number of carbonyl (C=O) groups is 2. The second-order valence-corrected chi connectivity index (χ2v) is 4.46. The summed E-state index contributed by atoms with van der Waals surface area (Å²) >= 11 is 0. The fourth-order valence-electron chi connectivity index (χ4n) is 1.95. The third-order valence-electron chi connectivity index (χ3n) is 3.32. The van der Waals surface area contributed by atoms with Crippen molar-refractivity contribution in [3.8, 4) is 0 Å². The van der Waals surface area contributed by atoms with Crippen LogP contribution in [0.25, 0.3) is 0 Å². The second kappa shape index (κ2) is 4.69. The highest BCUT2D eigenvalue weighted by molar-refractivity contribution is 5.83. The third-order valence-corrected chi connectivity index (χ3v) is 3.32. The minimum atomic E-state index is 0.0676. The zero-order chi connectivity index (χ0) is 12.4. The summed E-state index contributed by atoms with van der Waals surface area (Å²) in [4.78, 5) is 29.0. The van der Waals surface area contributed by atoms with Crippen molar-refractivity contribution in [1.82, 2.24) is 14.5 Å². The van der Waals surface area contributed by atoms with Gasteiger partial charge in [0.1, 0.15) is 12.3 Å². The lowest BCUT2D eigenvalue weighted by Gasteiger charge is -2.26. The average Bonchev–Trinajstić information content (AvgIpc) is 2.62. The Morgan fingerprint density at radius 2 is 2.00 bits per heavy atom. The van der Waals surface area contributed by atoms with Gasteiger partial charge in [0.15, 0.2) is 0 Å². The van der Waals surface area contributed by atoms with E-state index in [-0.39, 0.29) is 11.7 Å². The van der Waals surface area contributed by atoms with E-state index in [2.05, 4.69) is 4.98 Å². The SMILES string of the molecule is Cc1ncn(CC(=O)N2CCC(=O)CC2)c1C. The Labute approximate surface area is 100 Å². The number of carbonyl (C=O) groups excluding carboxylic acids is 2. The van der Waals surface area contributed by atoms with E-state index in [1.165, 1.54) is 0 Å². The van der Waals surface area contributed by atoms with E-state index in [1.807, 2.05) is 18.4 Å². The maximum atomic E-state index is 12.0. The van der Waals surface area contributed by atoms with E-state index >= 15 is 0 Å². The van der Waals surface area contributed by atoms with E-state index in [0.29, 0.717) is 32.5 Å². The van der Waals surface area contributed by atoms with Crippen molar-refractivity contribution in [3.05, 3.63) is 17.7 Å². The fraction of sp³-hybridized carbons (Fsp3) is 0.583. The highest BCUT2D eigenvalue weighted by Crippen LogP contribution is 2.09. The fourth-order valence-corrected chi connectivity index (χ4v) is 1.95. The third kappa shape index (κ3) is 2.54. The van der Waals surface area contributed by atoms with Gasteiger partial charge in [0.05, 0.1) is 12.0 Å². The molecule has 1 saturated heterocycles. The summed E-state index contributed by atoms with van der Waals surface area (Å²) in [6.07, 6.45) is 2.68. The molecule has 0 N–H and O–H groups in total. The van der Waals surface area contributed by atoms with Crippen molar-refractivity contribution in [1.29, 1.82) is 0 Å². The van der Waals surface area contributed by atoms with Crippen LogP contribution in [0.5, 0.6) is 0 Å². The molecule has 1 aromatic rings. The molecule has 92 valence electrons. The molecule has 0 radical (unpaired) electrons. The first-order chi connectivity index (χ1) is 8.08. The normalized spacial score (nSPS) is 16.4. The molecule has 1 aliphatic heterocycles. The summed E-state index contributed by atoms with van der Waals surface area (Å²) in [6.45, 7) is 5.32. The van der Waals surface area contributed by atoms with E-state index in [9.17, 15) is 9.59 Å². The molecule has 5 nitrogen and oxygen atoms in total. The van der Waals surface area contributed by atoms with Crippen LogP contribution in [0.3, 0.4) is 0 Å². The number of aryl methyl sites for hydroxylation is 1. The Kier molecular flexibility index (Phi) is 3.26. The van der Waals surface area contributed by atoms with Crippen molar-refractivity contribution >= 4 is 11.7 Å². The number of hydrogen-bond donors (Lipinski definition) is 0. The van der Waals surface area contributed by atoms with Crippen LogP contribution in [0, 0.1) is 13.8 Å². The number of Topliss-reactive ketones (excluding diaryl/α,β-unsaturated/α-hetero) is 1. The number of rotatable bonds is 2. The summed E-state index contributed by atoms with van der Waals surface area (Å²) < 4.78 is 1.86. The van der Waals surface area contributed by atoms with Gasteiger partial charge in [-0.15, -0.1) is 0 Å². The molecule has 0 aromatic carbocycles. The van der Waals surface area contributed by atoms with E-state index in [1.54, 1.807) is 11.2 Å². The molecule has 1 amide bonds. The summed E-state index contributed by atoms with van der Waals surface area (Å²) in [5.74, 6) is 0.321. The monoisotopic (exact) mass is 235 g/mol. The number of nitrogens with zero attached hydrogens (tertiary/aromatic N) is 3. The van der Waals surface area contributed by atoms with Gasteiger partial charge in [-0.3, -0.25) is 9.59 Å². The van der Waals surface area contributed by atoms with Crippen LogP contribution in [0.15, 0.2) is 6.33 Å². The molecule has 1 fully saturated rings. The average molecular weight is 235 g/mol. The van der Waals surface area contributed by atoms with Gasteiger partial charge in [0.2, 0.25) is 5.91 Å². The van der Waals surface area contributed by atoms with Gasteiger partial charge in [-0.25, -0.2) is 4.98 Å². The number of amides is 1. The predicted molar refractivity (Wildman–Crippen MR) is 62.5 cm³/mol. The maximum absolute atomic E-state index is 12.0. The Hall–Kier alpha value is -1.65. The molecule has 0 spiro atoms. The second-order valence-electron chi connectivity index (χ2n) is 4.46. The molecule has 0 unspecified atom stereocenters. The van der Waals surface area contributed by atoms with Crippen molar-refractivity contribution in [3.63, 3.8) is 0 Å². The summed E-state index contributed by atoms with van der Waals surface area (Å²) in [6, 6.07) is 0. The van der Waals surface area contributed by atoms with Crippen LogP contribution in [-0.2, 0) is 16.1 Å². The summed E-state index contributed by atoms with van der Waals surface area (Å²) in [5.41, 5.74) is 1.97. The minimum absolute atomic E-state index is 0.0676. The van der Waals surface area contributed by atoms with Crippen molar-refractivity contribution in [2.75, 3.05) is 13.1 Å². The molecule has 0 bridgehead atoms. The Morgan fingerprint density at radius 1 is 1.35 bits per heavy atom. The number of ketones is 1. The topological polar surface area (TPSA) is 55.2 Å². The molecule has 2 rings (SSSR count). The van der Waals surface area contributed by atoms with Gasteiger partial charge in [-0.05, 0) is 13.8 Å². The standard InChI is InChI=1S/C12H17N3O2/c1-9-10(2)15(8-13-9)7-12(17)14-5-3-11(16)4-6-14/h8H,3-7H2,1-2H3. The quantitative estimate of drug-likeness (QED) is 0.758. The van der Waals surface area contributed by atoms with Crippen LogP contribution in [0.2, 0.25) is 0 Å². The minimum Gasteiger partial charge on any atom is -0.340 e. The largest absolute Gasteiger partial charge is 0.340 e. The van der Waals surface area contributed by atoms with Gasteiger partial charge >= 0.3 is 0 Å². The Morgan fingerprint density at radius 3 is 2.53 bits per heavy atom. The lowest BCUT2D eigenvalue weighted by Crippen LogP contribution is -2.40. The van der Waals surface area contributed by atoms with Crippen LogP contribution in [-0.4, -0.2) is 39.2 Å². The summed E-state index contributed by atoms with van der Waals surface area (Å²) in [5, 5.41) is 0.